The van der Waals surface area contributed by atoms with Crippen molar-refractivity contribution in [3.8, 4) is 0 Å². The molecule has 1 aromatic heterocycles. The van der Waals surface area contributed by atoms with Crippen molar-refractivity contribution < 1.29 is 12.8 Å². The van der Waals surface area contributed by atoms with E-state index in [9.17, 15) is 8.42 Å². The first-order valence-corrected chi connectivity index (χ1v) is 7.68. The van der Waals surface area contributed by atoms with Gasteiger partial charge in [0, 0.05) is 17.2 Å². The molecular weight excluding hydrogens is 332 g/mol. The van der Waals surface area contributed by atoms with E-state index in [0.717, 1.165) is 0 Å². The fourth-order valence-corrected chi connectivity index (χ4v) is 3.69. The summed E-state index contributed by atoms with van der Waals surface area (Å²) in [6.07, 6.45) is 1.51. The van der Waals surface area contributed by atoms with Crippen LogP contribution in [0, 0.1) is 0 Å². The quantitative estimate of drug-likeness (QED) is 0.864. The Labute approximate surface area is 120 Å². The van der Waals surface area contributed by atoms with E-state index in [1.54, 1.807) is 24.3 Å². The molecule has 2 N–H and O–H groups in total. The molecule has 1 heterocycles. The van der Waals surface area contributed by atoms with Gasteiger partial charge in [-0.15, -0.1) is 0 Å². The largest absolute Gasteiger partial charge is 0.468 e. The van der Waals surface area contributed by atoms with E-state index >= 15 is 0 Å². The van der Waals surface area contributed by atoms with Crippen LogP contribution in [0.3, 0.4) is 0 Å². The molecule has 0 aliphatic heterocycles. The summed E-state index contributed by atoms with van der Waals surface area (Å²) >= 11 is 3.23. The van der Waals surface area contributed by atoms with Crippen LogP contribution in [0.4, 0.5) is 5.69 Å². The Balaban J connectivity index is 2.33. The fourth-order valence-electron chi connectivity index (χ4n) is 1.59. The Morgan fingerprint density at radius 1 is 1.37 bits per heavy atom. The van der Waals surface area contributed by atoms with E-state index in [4.69, 9.17) is 10.2 Å². The van der Waals surface area contributed by atoms with E-state index in [2.05, 4.69) is 15.9 Å². The Hall–Kier alpha value is -1.31. The zero-order valence-corrected chi connectivity index (χ0v) is 12.6. The van der Waals surface area contributed by atoms with Crippen molar-refractivity contribution in [2.75, 3.05) is 12.8 Å². The number of furan rings is 1. The molecule has 0 unspecified atom stereocenters. The van der Waals surface area contributed by atoms with Crippen molar-refractivity contribution in [2.45, 2.75) is 11.4 Å². The first kappa shape index (κ1) is 14.1. The average molecular weight is 345 g/mol. The normalized spacial score (nSPS) is 11.9. The van der Waals surface area contributed by atoms with Crippen LogP contribution in [0.2, 0.25) is 0 Å². The molecule has 5 nitrogen and oxygen atoms in total. The SMILES string of the molecule is CN(Cc1ccco1)S(=O)(=O)c1cc(N)ccc1Br. The smallest absolute Gasteiger partial charge is 0.244 e. The van der Waals surface area contributed by atoms with Crippen LogP contribution in [0.5, 0.6) is 0 Å². The third kappa shape index (κ3) is 2.99. The summed E-state index contributed by atoms with van der Waals surface area (Å²) in [6.45, 7) is 0.163. The van der Waals surface area contributed by atoms with Crippen LogP contribution in [0.25, 0.3) is 0 Å². The standard InChI is InChI=1S/C12H13BrN2O3S/c1-15(8-10-3-2-6-18-10)19(16,17)12-7-9(14)4-5-11(12)13/h2-7H,8,14H2,1H3. The third-order valence-corrected chi connectivity index (χ3v) is 5.40. The van der Waals surface area contributed by atoms with Crippen molar-refractivity contribution >= 4 is 31.6 Å². The summed E-state index contributed by atoms with van der Waals surface area (Å²) in [6, 6.07) is 8.11. The van der Waals surface area contributed by atoms with Gasteiger partial charge in [-0.05, 0) is 46.3 Å². The predicted octanol–water partition coefficient (Wildman–Crippen LogP) is 2.45. The molecule has 19 heavy (non-hydrogen) atoms. The predicted molar refractivity (Wildman–Crippen MR) is 75.9 cm³/mol. The number of nitrogen functional groups attached to an aromatic ring is 1. The highest BCUT2D eigenvalue weighted by Gasteiger charge is 2.24. The number of benzene rings is 1. The summed E-state index contributed by atoms with van der Waals surface area (Å²) in [7, 11) is -2.13. The monoisotopic (exact) mass is 344 g/mol. The van der Waals surface area contributed by atoms with Gasteiger partial charge in [0.1, 0.15) is 5.76 Å². The molecule has 0 amide bonds. The minimum atomic E-state index is -3.62. The molecule has 0 atom stereocenters. The van der Waals surface area contributed by atoms with E-state index < -0.39 is 10.0 Å². The maximum Gasteiger partial charge on any atom is 0.244 e. The number of anilines is 1. The Morgan fingerprint density at radius 2 is 2.11 bits per heavy atom. The van der Waals surface area contributed by atoms with Gasteiger partial charge in [0.05, 0.1) is 17.7 Å². The summed E-state index contributed by atoms with van der Waals surface area (Å²) in [5.74, 6) is 0.575. The highest BCUT2D eigenvalue weighted by molar-refractivity contribution is 9.10. The minimum absolute atomic E-state index is 0.140. The van der Waals surface area contributed by atoms with Gasteiger partial charge in [-0.2, -0.15) is 4.31 Å². The van der Waals surface area contributed by atoms with Gasteiger partial charge in [0.15, 0.2) is 0 Å². The Kier molecular flexibility index (Phi) is 3.98. The van der Waals surface area contributed by atoms with Gasteiger partial charge in [-0.25, -0.2) is 8.42 Å². The number of nitrogens with zero attached hydrogens (tertiary/aromatic N) is 1. The van der Waals surface area contributed by atoms with Gasteiger partial charge in [-0.1, -0.05) is 0 Å². The lowest BCUT2D eigenvalue weighted by molar-refractivity contribution is 0.406. The molecule has 0 aliphatic carbocycles. The zero-order chi connectivity index (χ0) is 14.0. The number of hydrogen-bond acceptors (Lipinski definition) is 4. The highest BCUT2D eigenvalue weighted by Crippen LogP contribution is 2.27. The molecule has 0 saturated carbocycles. The maximum atomic E-state index is 12.4. The molecule has 0 bridgehead atoms. The van der Waals surface area contributed by atoms with Crippen molar-refractivity contribution in [3.63, 3.8) is 0 Å². The summed E-state index contributed by atoms with van der Waals surface area (Å²) in [5, 5.41) is 0. The molecule has 2 aromatic rings. The number of sulfonamides is 1. The molecule has 2 rings (SSSR count). The first-order chi connectivity index (χ1) is 8.91. The van der Waals surface area contributed by atoms with Gasteiger partial charge in [0.25, 0.3) is 0 Å². The van der Waals surface area contributed by atoms with Crippen LogP contribution in [-0.2, 0) is 16.6 Å². The summed E-state index contributed by atoms with van der Waals surface area (Å²) < 4.78 is 31.7. The van der Waals surface area contributed by atoms with Gasteiger partial charge in [0.2, 0.25) is 10.0 Å². The lowest BCUT2D eigenvalue weighted by Crippen LogP contribution is -2.26. The maximum absolute atomic E-state index is 12.4. The van der Waals surface area contributed by atoms with Crippen molar-refractivity contribution in [2.24, 2.45) is 0 Å². The number of rotatable bonds is 4. The van der Waals surface area contributed by atoms with Crippen molar-refractivity contribution in [1.29, 1.82) is 0 Å². The van der Waals surface area contributed by atoms with Crippen LogP contribution in [-0.4, -0.2) is 19.8 Å². The molecule has 0 aliphatic rings. The van der Waals surface area contributed by atoms with Crippen LogP contribution in [0.15, 0.2) is 50.4 Å². The third-order valence-electron chi connectivity index (χ3n) is 2.60. The van der Waals surface area contributed by atoms with Crippen LogP contribution >= 0.6 is 15.9 Å². The van der Waals surface area contributed by atoms with E-state index in [1.807, 2.05) is 0 Å². The van der Waals surface area contributed by atoms with Crippen LogP contribution < -0.4 is 5.73 Å². The van der Waals surface area contributed by atoms with E-state index in [0.29, 0.717) is 15.9 Å². The molecule has 0 fully saturated rings. The van der Waals surface area contributed by atoms with Crippen LogP contribution in [0.1, 0.15) is 5.76 Å². The lowest BCUT2D eigenvalue weighted by atomic mass is 10.3. The zero-order valence-electron chi connectivity index (χ0n) is 10.2. The van der Waals surface area contributed by atoms with Crippen molar-refractivity contribution in [3.05, 3.63) is 46.8 Å². The number of nitrogens with two attached hydrogens (primary N) is 1. The minimum Gasteiger partial charge on any atom is -0.468 e. The van der Waals surface area contributed by atoms with E-state index in [-0.39, 0.29) is 11.4 Å². The molecular formula is C12H13BrN2O3S. The molecule has 0 radical (unpaired) electrons. The topological polar surface area (TPSA) is 76.5 Å². The van der Waals surface area contributed by atoms with E-state index in [1.165, 1.54) is 23.7 Å². The van der Waals surface area contributed by atoms with Gasteiger partial charge >= 0.3 is 0 Å². The highest BCUT2D eigenvalue weighted by atomic mass is 79.9. The van der Waals surface area contributed by atoms with Gasteiger partial charge < -0.3 is 10.2 Å². The molecule has 1 aromatic carbocycles. The fraction of sp³-hybridized carbons (Fsp3) is 0.167. The second-order valence-electron chi connectivity index (χ2n) is 4.03. The second kappa shape index (κ2) is 5.36. The first-order valence-electron chi connectivity index (χ1n) is 5.45. The molecule has 0 saturated heterocycles. The number of halogens is 1. The molecule has 0 spiro atoms. The average Bonchev–Trinajstić information content (AvgIpc) is 2.85. The molecule has 102 valence electrons. The van der Waals surface area contributed by atoms with Crippen molar-refractivity contribution in [1.82, 2.24) is 4.31 Å². The summed E-state index contributed by atoms with van der Waals surface area (Å²) in [5.41, 5.74) is 6.03. The van der Waals surface area contributed by atoms with Gasteiger partial charge in [-0.3, -0.25) is 0 Å². The molecule has 7 heteroatoms. The number of hydrogen-bond donors (Lipinski definition) is 1. The Morgan fingerprint density at radius 3 is 2.74 bits per heavy atom. The Bertz CT molecular complexity index is 668. The summed E-state index contributed by atoms with van der Waals surface area (Å²) in [4.78, 5) is 0.140. The lowest BCUT2D eigenvalue weighted by Gasteiger charge is -2.17. The second-order valence-corrected chi connectivity index (χ2v) is 6.90.